The summed E-state index contributed by atoms with van der Waals surface area (Å²) in [7, 11) is 0. The third-order valence-corrected chi connectivity index (χ3v) is 4.40. The van der Waals surface area contributed by atoms with E-state index in [2.05, 4.69) is 69.1 Å². The van der Waals surface area contributed by atoms with Gasteiger partial charge in [0.1, 0.15) is 0 Å². The molecule has 1 atom stereocenters. The summed E-state index contributed by atoms with van der Waals surface area (Å²) >= 11 is 13.6. The molecule has 0 aromatic heterocycles. The van der Waals surface area contributed by atoms with Gasteiger partial charge in [-0.2, -0.15) is 0 Å². The molecule has 1 unspecified atom stereocenters. The van der Waals surface area contributed by atoms with Gasteiger partial charge in [-0.1, -0.05) is 61.7 Å². The maximum Gasteiger partial charge on any atom is 0.0636 e. The highest BCUT2D eigenvalue weighted by Gasteiger charge is 2.12. The number of rotatable bonds is 3. The Morgan fingerprint density at radius 2 is 1.89 bits per heavy atom. The first-order chi connectivity index (χ1) is 8.56. The van der Waals surface area contributed by atoms with Crippen molar-refractivity contribution in [3.63, 3.8) is 0 Å². The van der Waals surface area contributed by atoms with Gasteiger partial charge < -0.3 is 0 Å². The van der Waals surface area contributed by atoms with Crippen LogP contribution in [0.5, 0.6) is 0 Å². The van der Waals surface area contributed by atoms with Gasteiger partial charge in [-0.15, -0.1) is 11.6 Å². The number of halogens is 3. The summed E-state index contributed by atoms with van der Waals surface area (Å²) in [6.45, 7) is 2.08. The Morgan fingerprint density at radius 3 is 2.61 bits per heavy atom. The lowest BCUT2D eigenvalue weighted by Crippen LogP contribution is -1.97. The normalized spacial score (nSPS) is 12.4. The van der Waals surface area contributed by atoms with E-state index in [1.807, 2.05) is 12.1 Å². The van der Waals surface area contributed by atoms with Crippen molar-refractivity contribution in [2.45, 2.75) is 18.7 Å². The lowest BCUT2D eigenvalue weighted by Gasteiger charge is -2.13. The summed E-state index contributed by atoms with van der Waals surface area (Å²) in [6, 6.07) is 14.5. The summed E-state index contributed by atoms with van der Waals surface area (Å²) in [5.74, 6) is 0. The van der Waals surface area contributed by atoms with Gasteiger partial charge in [-0.3, -0.25) is 0 Å². The first-order valence-electron chi connectivity index (χ1n) is 5.71. The van der Waals surface area contributed by atoms with E-state index >= 15 is 0 Å². The number of alkyl halides is 1. The molecule has 0 bridgehead atoms. The van der Waals surface area contributed by atoms with Crippen LogP contribution in [0.25, 0.3) is 0 Å². The molecule has 0 amide bonds. The molecule has 0 radical (unpaired) electrons. The van der Waals surface area contributed by atoms with Crippen LogP contribution < -0.4 is 0 Å². The van der Waals surface area contributed by atoms with Crippen LogP contribution in [0.1, 0.15) is 22.1 Å². The average molecular weight is 389 g/mol. The van der Waals surface area contributed by atoms with Crippen molar-refractivity contribution >= 4 is 43.5 Å². The standard InChI is InChI=1S/C15H13Br2Cl/c1-10-5-6-14(17)13(7-10)15(18)9-11-3-2-4-12(16)8-11/h2-8,15H,9H2,1H3. The van der Waals surface area contributed by atoms with Crippen molar-refractivity contribution in [1.82, 2.24) is 0 Å². The van der Waals surface area contributed by atoms with E-state index in [0.717, 1.165) is 20.9 Å². The summed E-state index contributed by atoms with van der Waals surface area (Å²) in [5.41, 5.74) is 3.61. The molecule has 0 saturated heterocycles. The predicted octanol–water partition coefficient (Wildman–Crippen LogP) is 6.04. The zero-order valence-electron chi connectivity index (χ0n) is 9.96. The zero-order chi connectivity index (χ0) is 13.1. The first-order valence-corrected chi connectivity index (χ1v) is 7.73. The average Bonchev–Trinajstić information content (AvgIpc) is 2.32. The molecule has 0 spiro atoms. The molecule has 0 aliphatic heterocycles. The minimum atomic E-state index is -0.0198. The molecular formula is C15H13Br2Cl. The Balaban J connectivity index is 2.21. The Kier molecular flexibility index (Phi) is 4.88. The van der Waals surface area contributed by atoms with E-state index in [-0.39, 0.29) is 5.38 Å². The molecule has 0 aliphatic rings. The second kappa shape index (κ2) is 6.23. The van der Waals surface area contributed by atoms with E-state index in [0.29, 0.717) is 0 Å². The van der Waals surface area contributed by atoms with Crippen molar-refractivity contribution in [2.24, 2.45) is 0 Å². The van der Waals surface area contributed by atoms with Gasteiger partial charge >= 0.3 is 0 Å². The van der Waals surface area contributed by atoms with E-state index < -0.39 is 0 Å². The molecule has 0 N–H and O–H groups in total. The van der Waals surface area contributed by atoms with Crippen LogP contribution in [-0.4, -0.2) is 0 Å². The van der Waals surface area contributed by atoms with Crippen molar-refractivity contribution < 1.29 is 0 Å². The third kappa shape index (κ3) is 3.59. The molecule has 0 saturated carbocycles. The summed E-state index contributed by atoms with van der Waals surface area (Å²) in [4.78, 5) is 0. The second-order valence-electron chi connectivity index (χ2n) is 4.33. The maximum atomic E-state index is 6.53. The maximum absolute atomic E-state index is 6.53. The van der Waals surface area contributed by atoms with Crippen molar-refractivity contribution in [3.05, 3.63) is 68.1 Å². The molecule has 2 rings (SSSR count). The molecule has 0 fully saturated rings. The molecule has 94 valence electrons. The number of hydrogen-bond donors (Lipinski definition) is 0. The monoisotopic (exact) mass is 386 g/mol. The Morgan fingerprint density at radius 1 is 1.11 bits per heavy atom. The molecule has 2 aromatic rings. The van der Waals surface area contributed by atoms with Crippen LogP contribution in [0.4, 0.5) is 0 Å². The largest absolute Gasteiger partial charge is 0.117 e. The van der Waals surface area contributed by atoms with E-state index in [4.69, 9.17) is 11.6 Å². The summed E-state index contributed by atoms with van der Waals surface area (Å²) in [5, 5.41) is -0.0198. The molecule has 0 aliphatic carbocycles. The van der Waals surface area contributed by atoms with Gasteiger partial charge in [-0.25, -0.2) is 0 Å². The fraction of sp³-hybridized carbons (Fsp3) is 0.200. The topological polar surface area (TPSA) is 0 Å². The number of aryl methyl sites for hydroxylation is 1. The smallest absolute Gasteiger partial charge is 0.0636 e. The summed E-state index contributed by atoms with van der Waals surface area (Å²) in [6.07, 6.45) is 0.822. The van der Waals surface area contributed by atoms with Crippen molar-refractivity contribution in [1.29, 1.82) is 0 Å². The van der Waals surface area contributed by atoms with Crippen LogP contribution >= 0.6 is 43.5 Å². The molecule has 0 heterocycles. The van der Waals surface area contributed by atoms with Gasteiger partial charge in [0.15, 0.2) is 0 Å². The fourth-order valence-electron chi connectivity index (χ4n) is 1.88. The van der Waals surface area contributed by atoms with Crippen LogP contribution in [0.3, 0.4) is 0 Å². The van der Waals surface area contributed by atoms with Crippen LogP contribution in [0, 0.1) is 6.92 Å². The molecule has 0 nitrogen and oxygen atoms in total. The van der Waals surface area contributed by atoms with Gasteiger partial charge in [0, 0.05) is 8.95 Å². The molecule has 3 heteroatoms. The minimum Gasteiger partial charge on any atom is -0.117 e. The van der Waals surface area contributed by atoms with E-state index in [9.17, 15) is 0 Å². The van der Waals surface area contributed by atoms with Crippen LogP contribution in [0.15, 0.2) is 51.4 Å². The predicted molar refractivity (Wildman–Crippen MR) is 85.3 cm³/mol. The second-order valence-corrected chi connectivity index (χ2v) is 6.62. The molecular weight excluding hydrogens is 375 g/mol. The van der Waals surface area contributed by atoms with Crippen LogP contribution in [0.2, 0.25) is 0 Å². The minimum absolute atomic E-state index is 0.0198. The van der Waals surface area contributed by atoms with E-state index in [1.54, 1.807) is 0 Å². The highest BCUT2D eigenvalue weighted by molar-refractivity contribution is 9.10. The highest BCUT2D eigenvalue weighted by Crippen LogP contribution is 2.32. The lowest BCUT2D eigenvalue weighted by molar-refractivity contribution is 0.912. The third-order valence-electron chi connectivity index (χ3n) is 2.79. The molecule has 2 aromatic carbocycles. The fourth-order valence-corrected chi connectivity index (χ4v) is 3.34. The summed E-state index contributed by atoms with van der Waals surface area (Å²) < 4.78 is 2.16. The zero-order valence-corrected chi connectivity index (χ0v) is 13.9. The number of hydrogen-bond acceptors (Lipinski definition) is 0. The van der Waals surface area contributed by atoms with Gasteiger partial charge in [-0.05, 0) is 42.7 Å². The van der Waals surface area contributed by atoms with E-state index in [1.165, 1.54) is 11.1 Å². The number of benzene rings is 2. The van der Waals surface area contributed by atoms with Crippen molar-refractivity contribution in [3.8, 4) is 0 Å². The molecule has 18 heavy (non-hydrogen) atoms. The SMILES string of the molecule is Cc1ccc(Br)c(C(Cl)Cc2cccc(Br)c2)c1. The van der Waals surface area contributed by atoms with Gasteiger partial charge in [0.25, 0.3) is 0 Å². The highest BCUT2D eigenvalue weighted by atomic mass is 79.9. The first kappa shape index (κ1) is 14.1. The Labute approximate surface area is 130 Å². The quantitative estimate of drug-likeness (QED) is 0.562. The van der Waals surface area contributed by atoms with Gasteiger partial charge in [0.05, 0.1) is 5.38 Å². The Bertz CT molecular complexity index is 552. The lowest BCUT2D eigenvalue weighted by atomic mass is 10.0. The Hall–Kier alpha value is -0.310. The van der Waals surface area contributed by atoms with Gasteiger partial charge in [0.2, 0.25) is 0 Å². The van der Waals surface area contributed by atoms with Crippen molar-refractivity contribution in [2.75, 3.05) is 0 Å². The van der Waals surface area contributed by atoms with Crippen LogP contribution in [-0.2, 0) is 6.42 Å².